The van der Waals surface area contributed by atoms with E-state index >= 15 is 0 Å². The zero-order valence-corrected chi connectivity index (χ0v) is 14.5. The second-order valence-corrected chi connectivity index (χ2v) is 6.03. The first-order chi connectivity index (χ1) is 12.0. The summed E-state index contributed by atoms with van der Waals surface area (Å²) in [7, 11) is 0. The maximum atomic E-state index is 12.4. The van der Waals surface area contributed by atoms with Crippen LogP contribution in [0.4, 0.5) is 5.82 Å². The van der Waals surface area contributed by atoms with Crippen LogP contribution in [0, 0.1) is 13.8 Å². The normalized spacial score (nSPS) is 12.0. The van der Waals surface area contributed by atoms with Gasteiger partial charge in [0, 0.05) is 6.07 Å². The summed E-state index contributed by atoms with van der Waals surface area (Å²) in [6.45, 7) is 6.16. The fourth-order valence-electron chi connectivity index (χ4n) is 2.60. The van der Waals surface area contributed by atoms with Crippen LogP contribution >= 0.6 is 0 Å². The number of furan rings is 1. The van der Waals surface area contributed by atoms with Crippen molar-refractivity contribution >= 4 is 11.7 Å². The van der Waals surface area contributed by atoms with Gasteiger partial charge >= 0.3 is 0 Å². The van der Waals surface area contributed by atoms with Crippen molar-refractivity contribution < 1.29 is 13.9 Å². The number of aryl methyl sites for hydroxylation is 2. The maximum absolute atomic E-state index is 12.4. The molecule has 3 rings (SSSR count). The standard InChI is InChI=1S/C19H21N3O3/c1-13-9-14(2)11-17(10-13)25-15(3)19(23)21-18-6-7-20-22(18)12-16-5-4-8-24-16/h4-11,15H,12H2,1-3H3,(H,21,23). The van der Waals surface area contributed by atoms with Crippen LogP contribution in [-0.2, 0) is 11.3 Å². The number of hydrogen-bond donors (Lipinski definition) is 1. The summed E-state index contributed by atoms with van der Waals surface area (Å²) < 4.78 is 12.8. The molecule has 2 heterocycles. The third kappa shape index (κ3) is 4.29. The van der Waals surface area contributed by atoms with Crippen molar-refractivity contribution in [1.29, 1.82) is 0 Å². The molecule has 0 saturated carbocycles. The number of ether oxygens (including phenoxy) is 1. The highest BCUT2D eigenvalue weighted by Crippen LogP contribution is 2.18. The molecule has 2 aromatic heterocycles. The highest BCUT2D eigenvalue weighted by atomic mass is 16.5. The van der Waals surface area contributed by atoms with Crippen LogP contribution in [0.15, 0.2) is 53.3 Å². The van der Waals surface area contributed by atoms with E-state index in [0.29, 0.717) is 18.1 Å². The van der Waals surface area contributed by atoms with Gasteiger partial charge in [-0.3, -0.25) is 4.79 Å². The fraction of sp³-hybridized carbons (Fsp3) is 0.263. The smallest absolute Gasteiger partial charge is 0.266 e. The van der Waals surface area contributed by atoms with Crippen LogP contribution in [0.25, 0.3) is 0 Å². The van der Waals surface area contributed by atoms with E-state index in [1.54, 1.807) is 30.1 Å². The number of hydrogen-bond acceptors (Lipinski definition) is 4. The van der Waals surface area contributed by atoms with Gasteiger partial charge in [0.05, 0.1) is 12.5 Å². The summed E-state index contributed by atoms with van der Waals surface area (Å²) in [5.74, 6) is 1.81. The molecule has 1 aromatic carbocycles. The second-order valence-electron chi connectivity index (χ2n) is 6.03. The van der Waals surface area contributed by atoms with E-state index in [2.05, 4.69) is 16.5 Å². The molecule has 130 valence electrons. The van der Waals surface area contributed by atoms with Gasteiger partial charge in [-0.05, 0) is 56.2 Å². The minimum Gasteiger partial charge on any atom is -0.481 e. The first-order valence-corrected chi connectivity index (χ1v) is 8.11. The lowest BCUT2D eigenvalue weighted by molar-refractivity contribution is -0.122. The Hall–Kier alpha value is -3.02. The molecule has 6 nitrogen and oxygen atoms in total. The van der Waals surface area contributed by atoms with Crippen molar-refractivity contribution in [3.8, 4) is 5.75 Å². The van der Waals surface area contributed by atoms with Gasteiger partial charge in [-0.15, -0.1) is 0 Å². The zero-order valence-electron chi connectivity index (χ0n) is 14.5. The van der Waals surface area contributed by atoms with Crippen LogP contribution in [-0.4, -0.2) is 21.8 Å². The molecule has 1 atom stereocenters. The molecule has 1 amide bonds. The summed E-state index contributed by atoms with van der Waals surface area (Å²) in [4.78, 5) is 12.4. The molecule has 0 aliphatic carbocycles. The quantitative estimate of drug-likeness (QED) is 0.746. The summed E-state index contributed by atoms with van der Waals surface area (Å²) in [5.41, 5.74) is 2.19. The topological polar surface area (TPSA) is 69.3 Å². The molecular formula is C19H21N3O3. The van der Waals surface area contributed by atoms with E-state index in [9.17, 15) is 4.79 Å². The van der Waals surface area contributed by atoms with Crippen LogP contribution in [0.1, 0.15) is 23.8 Å². The van der Waals surface area contributed by atoms with Crippen molar-refractivity contribution in [2.45, 2.75) is 33.4 Å². The summed E-state index contributed by atoms with van der Waals surface area (Å²) in [5, 5.41) is 7.06. The van der Waals surface area contributed by atoms with Gasteiger partial charge in [-0.2, -0.15) is 5.10 Å². The van der Waals surface area contributed by atoms with Crippen molar-refractivity contribution in [1.82, 2.24) is 9.78 Å². The van der Waals surface area contributed by atoms with Crippen LogP contribution in [0.5, 0.6) is 5.75 Å². The van der Waals surface area contributed by atoms with Gasteiger partial charge in [0.1, 0.15) is 23.9 Å². The Morgan fingerprint density at radius 3 is 2.72 bits per heavy atom. The van der Waals surface area contributed by atoms with Gasteiger partial charge in [-0.1, -0.05) is 6.07 Å². The van der Waals surface area contributed by atoms with E-state index in [1.165, 1.54) is 0 Å². The third-order valence-electron chi connectivity index (χ3n) is 3.73. The predicted octanol–water partition coefficient (Wildman–Crippen LogP) is 3.55. The maximum Gasteiger partial charge on any atom is 0.266 e. The number of carbonyl (C=O) groups excluding carboxylic acids is 1. The summed E-state index contributed by atoms with van der Waals surface area (Å²) in [6, 6.07) is 11.3. The van der Waals surface area contributed by atoms with Crippen LogP contribution in [0.2, 0.25) is 0 Å². The molecular weight excluding hydrogens is 318 g/mol. The van der Waals surface area contributed by atoms with E-state index in [1.807, 2.05) is 38.1 Å². The Labute approximate surface area is 146 Å². The molecule has 0 spiro atoms. The molecule has 0 aliphatic heterocycles. The molecule has 0 bridgehead atoms. The number of nitrogens with one attached hydrogen (secondary N) is 1. The predicted molar refractivity (Wildman–Crippen MR) is 94.7 cm³/mol. The highest BCUT2D eigenvalue weighted by Gasteiger charge is 2.17. The Bertz CT molecular complexity index is 832. The molecule has 0 aliphatic rings. The lowest BCUT2D eigenvalue weighted by Crippen LogP contribution is -2.31. The second kappa shape index (κ2) is 7.25. The monoisotopic (exact) mass is 339 g/mol. The molecule has 0 fully saturated rings. The highest BCUT2D eigenvalue weighted by molar-refractivity contribution is 5.93. The Morgan fingerprint density at radius 2 is 2.04 bits per heavy atom. The molecule has 3 aromatic rings. The number of rotatable bonds is 6. The molecule has 1 N–H and O–H groups in total. The largest absolute Gasteiger partial charge is 0.481 e. The molecule has 1 unspecified atom stereocenters. The lowest BCUT2D eigenvalue weighted by Gasteiger charge is -2.16. The van der Waals surface area contributed by atoms with Gasteiger partial charge in [0.25, 0.3) is 5.91 Å². The van der Waals surface area contributed by atoms with Gasteiger partial charge < -0.3 is 14.5 Å². The van der Waals surface area contributed by atoms with E-state index < -0.39 is 6.10 Å². The molecule has 0 radical (unpaired) electrons. The number of carbonyl (C=O) groups is 1. The average Bonchev–Trinajstić information content (AvgIpc) is 3.19. The summed E-state index contributed by atoms with van der Waals surface area (Å²) in [6.07, 6.45) is 2.61. The lowest BCUT2D eigenvalue weighted by atomic mass is 10.1. The number of amides is 1. The third-order valence-corrected chi connectivity index (χ3v) is 3.73. The van der Waals surface area contributed by atoms with Crippen molar-refractivity contribution in [3.63, 3.8) is 0 Å². The Kier molecular flexibility index (Phi) is 4.88. The van der Waals surface area contributed by atoms with Crippen LogP contribution in [0.3, 0.4) is 0 Å². The number of anilines is 1. The first kappa shape index (κ1) is 16.8. The minimum absolute atomic E-state index is 0.236. The van der Waals surface area contributed by atoms with Crippen LogP contribution < -0.4 is 10.1 Å². The first-order valence-electron chi connectivity index (χ1n) is 8.11. The number of benzene rings is 1. The van der Waals surface area contributed by atoms with Crippen molar-refractivity contribution in [2.75, 3.05) is 5.32 Å². The van der Waals surface area contributed by atoms with Gasteiger partial charge in [0.2, 0.25) is 0 Å². The van der Waals surface area contributed by atoms with E-state index in [4.69, 9.17) is 9.15 Å². The summed E-state index contributed by atoms with van der Waals surface area (Å²) >= 11 is 0. The zero-order chi connectivity index (χ0) is 17.8. The van der Waals surface area contributed by atoms with Crippen molar-refractivity contribution in [3.05, 3.63) is 65.7 Å². The van der Waals surface area contributed by atoms with E-state index in [-0.39, 0.29) is 5.91 Å². The minimum atomic E-state index is -0.631. The number of nitrogens with zero attached hydrogens (tertiary/aromatic N) is 2. The SMILES string of the molecule is Cc1cc(C)cc(OC(C)C(=O)Nc2ccnn2Cc2ccco2)c1. The number of aromatic nitrogens is 2. The molecule has 0 saturated heterocycles. The molecule has 25 heavy (non-hydrogen) atoms. The van der Waals surface area contributed by atoms with Crippen molar-refractivity contribution in [2.24, 2.45) is 0 Å². The van der Waals surface area contributed by atoms with E-state index in [0.717, 1.165) is 16.9 Å². The Morgan fingerprint density at radius 1 is 1.28 bits per heavy atom. The fourth-order valence-corrected chi connectivity index (χ4v) is 2.60. The molecule has 6 heteroatoms. The average molecular weight is 339 g/mol. The Balaban J connectivity index is 1.65. The van der Waals surface area contributed by atoms with Gasteiger partial charge in [-0.25, -0.2) is 4.68 Å². The van der Waals surface area contributed by atoms with Gasteiger partial charge in [0.15, 0.2) is 6.10 Å².